The molecular formula is C10H18O5. The SMILES string of the molecule is CCCOC(=O)CC[C@H](O)CC(=O)OC. The lowest BCUT2D eigenvalue weighted by Crippen LogP contribution is -2.16. The van der Waals surface area contributed by atoms with Crippen molar-refractivity contribution in [2.24, 2.45) is 0 Å². The summed E-state index contributed by atoms with van der Waals surface area (Å²) < 4.78 is 9.18. The summed E-state index contributed by atoms with van der Waals surface area (Å²) in [5, 5.41) is 9.32. The highest BCUT2D eigenvalue weighted by Crippen LogP contribution is 2.04. The van der Waals surface area contributed by atoms with E-state index in [1.807, 2.05) is 6.92 Å². The van der Waals surface area contributed by atoms with E-state index < -0.39 is 12.1 Å². The van der Waals surface area contributed by atoms with Crippen molar-refractivity contribution in [3.8, 4) is 0 Å². The van der Waals surface area contributed by atoms with E-state index in [-0.39, 0.29) is 25.2 Å². The molecule has 0 spiro atoms. The van der Waals surface area contributed by atoms with Crippen molar-refractivity contribution in [3.63, 3.8) is 0 Å². The topological polar surface area (TPSA) is 72.8 Å². The van der Waals surface area contributed by atoms with Crippen LogP contribution in [-0.4, -0.2) is 36.9 Å². The van der Waals surface area contributed by atoms with E-state index in [4.69, 9.17) is 4.74 Å². The zero-order chi connectivity index (χ0) is 11.7. The van der Waals surface area contributed by atoms with E-state index in [9.17, 15) is 14.7 Å². The standard InChI is InChI=1S/C10H18O5/c1-3-6-15-9(12)5-4-8(11)7-10(13)14-2/h8,11H,3-7H2,1-2H3/t8-/m0/s1. The molecule has 0 aliphatic carbocycles. The van der Waals surface area contributed by atoms with E-state index in [2.05, 4.69) is 4.74 Å². The van der Waals surface area contributed by atoms with Crippen molar-refractivity contribution >= 4 is 11.9 Å². The van der Waals surface area contributed by atoms with Crippen molar-refractivity contribution in [3.05, 3.63) is 0 Å². The van der Waals surface area contributed by atoms with Crippen LogP contribution in [0.25, 0.3) is 0 Å². The van der Waals surface area contributed by atoms with E-state index in [0.29, 0.717) is 6.61 Å². The van der Waals surface area contributed by atoms with Crippen LogP contribution < -0.4 is 0 Å². The number of aliphatic hydroxyl groups is 1. The van der Waals surface area contributed by atoms with Crippen LogP contribution >= 0.6 is 0 Å². The van der Waals surface area contributed by atoms with Crippen LogP contribution in [0, 0.1) is 0 Å². The van der Waals surface area contributed by atoms with Gasteiger partial charge in [0.2, 0.25) is 0 Å². The molecule has 0 aromatic rings. The van der Waals surface area contributed by atoms with Crippen LogP contribution in [0.15, 0.2) is 0 Å². The summed E-state index contributed by atoms with van der Waals surface area (Å²) in [6.07, 6.45) is 0.190. The zero-order valence-corrected chi connectivity index (χ0v) is 9.19. The molecule has 0 heterocycles. The summed E-state index contributed by atoms with van der Waals surface area (Å²) in [4.78, 5) is 21.8. The molecule has 0 radical (unpaired) electrons. The molecule has 88 valence electrons. The van der Waals surface area contributed by atoms with Crippen LogP contribution in [0.3, 0.4) is 0 Å². The van der Waals surface area contributed by atoms with Gasteiger partial charge in [0.15, 0.2) is 0 Å². The molecule has 1 atom stereocenters. The Labute approximate surface area is 89.4 Å². The number of hydrogen-bond acceptors (Lipinski definition) is 5. The average Bonchev–Trinajstić information content (AvgIpc) is 2.23. The van der Waals surface area contributed by atoms with E-state index >= 15 is 0 Å². The van der Waals surface area contributed by atoms with Gasteiger partial charge in [-0.2, -0.15) is 0 Å². The Kier molecular flexibility index (Phi) is 7.62. The van der Waals surface area contributed by atoms with Gasteiger partial charge in [0.05, 0.1) is 26.2 Å². The molecule has 0 aliphatic rings. The average molecular weight is 218 g/mol. The van der Waals surface area contributed by atoms with E-state index in [1.165, 1.54) is 7.11 Å². The van der Waals surface area contributed by atoms with Crippen LogP contribution in [0.1, 0.15) is 32.6 Å². The maximum Gasteiger partial charge on any atom is 0.308 e. The smallest absolute Gasteiger partial charge is 0.308 e. The predicted octanol–water partition coefficient (Wildman–Crippen LogP) is 0.644. The van der Waals surface area contributed by atoms with Gasteiger partial charge in [0.1, 0.15) is 0 Å². The summed E-state index contributed by atoms with van der Waals surface area (Å²) in [5.41, 5.74) is 0. The molecule has 15 heavy (non-hydrogen) atoms. The summed E-state index contributed by atoms with van der Waals surface area (Å²) >= 11 is 0. The van der Waals surface area contributed by atoms with Crippen molar-refractivity contribution in [2.45, 2.75) is 38.7 Å². The van der Waals surface area contributed by atoms with Crippen molar-refractivity contribution in [1.29, 1.82) is 0 Å². The van der Waals surface area contributed by atoms with Crippen molar-refractivity contribution < 1.29 is 24.2 Å². The van der Waals surface area contributed by atoms with Gasteiger partial charge in [0.25, 0.3) is 0 Å². The highest BCUT2D eigenvalue weighted by molar-refractivity contribution is 5.71. The molecule has 0 fully saturated rings. The third kappa shape index (κ3) is 7.93. The van der Waals surface area contributed by atoms with Crippen LogP contribution in [0.4, 0.5) is 0 Å². The Balaban J connectivity index is 3.56. The Morgan fingerprint density at radius 2 is 2.00 bits per heavy atom. The molecular weight excluding hydrogens is 200 g/mol. The zero-order valence-electron chi connectivity index (χ0n) is 9.19. The minimum Gasteiger partial charge on any atom is -0.469 e. The lowest BCUT2D eigenvalue weighted by molar-refractivity contribution is -0.146. The quantitative estimate of drug-likeness (QED) is 0.635. The molecule has 0 aromatic carbocycles. The maximum atomic E-state index is 11.0. The Hall–Kier alpha value is -1.10. The third-order valence-electron chi connectivity index (χ3n) is 1.78. The number of ether oxygens (including phenoxy) is 2. The largest absolute Gasteiger partial charge is 0.469 e. The van der Waals surface area contributed by atoms with Crippen molar-refractivity contribution in [1.82, 2.24) is 0 Å². The molecule has 0 bridgehead atoms. The summed E-state index contributed by atoms with van der Waals surface area (Å²) in [5.74, 6) is -0.829. The van der Waals surface area contributed by atoms with Gasteiger partial charge in [-0.1, -0.05) is 6.92 Å². The number of hydrogen-bond donors (Lipinski definition) is 1. The monoisotopic (exact) mass is 218 g/mol. The van der Waals surface area contributed by atoms with Gasteiger partial charge >= 0.3 is 11.9 Å². The second-order valence-corrected chi connectivity index (χ2v) is 3.19. The Bertz CT molecular complexity index is 202. The highest BCUT2D eigenvalue weighted by Gasteiger charge is 2.13. The van der Waals surface area contributed by atoms with Gasteiger partial charge in [0, 0.05) is 6.42 Å². The van der Waals surface area contributed by atoms with Crippen LogP contribution in [0.5, 0.6) is 0 Å². The fourth-order valence-corrected chi connectivity index (χ4v) is 0.950. The van der Waals surface area contributed by atoms with Gasteiger partial charge in [-0.15, -0.1) is 0 Å². The molecule has 5 heteroatoms. The molecule has 5 nitrogen and oxygen atoms in total. The highest BCUT2D eigenvalue weighted by atomic mass is 16.5. The first-order chi connectivity index (χ1) is 7.10. The summed E-state index contributed by atoms with van der Waals surface area (Å²) in [6, 6.07) is 0. The number of carbonyl (C=O) groups excluding carboxylic acids is 2. The Morgan fingerprint density at radius 3 is 2.53 bits per heavy atom. The third-order valence-corrected chi connectivity index (χ3v) is 1.78. The summed E-state index contributed by atoms with van der Waals surface area (Å²) in [7, 11) is 1.25. The minimum absolute atomic E-state index is 0.0858. The number of esters is 2. The van der Waals surface area contributed by atoms with E-state index in [1.54, 1.807) is 0 Å². The first-order valence-electron chi connectivity index (χ1n) is 5.00. The number of carbonyl (C=O) groups is 2. The minimum atomic E-state index is -0.841. The van der Waals surface area contributed by atoms with E-state index in [0.717, 1.165) is 6.42 Å². The van der Waals surface area contributed by atoms with Gasteiger partial charge in [-0.05, 0) is 12.8 Å². The van der Waals surface area contributed by atoms with Crippen LogP contribution in [0.2, 0.25) is 0 Å². The molecule has 0 aromatic heterocycles. The first-order valence-corrected chi connectivity index (χ1v) is 5.00. The molecule has 1 N–H and O–H groups in total. The molecule has 0 aliphatic heterocycles. The lowest BCUT2D eigenvalue weighted by atomic mass is 10.1. The summed E-state index contributed by atoms with van der Waals surface area (Å²) in [6.45, 7) is 2.30. The predicted molar refractivity (Wildman–Crippen MR) is 53.1 cm³/mol. The molecule has 0 saturated carbocycles. The maximum absolute atomic E-state index is 11.0. The van der Waals surface area contributed by atoms with Crippen molar-refractivity contribution in [2.75, 3.05) is 13.7 Å². The number of rotatable bonds is 7. The second kappa shape index (κ2) is 8.23. The number of aliphatic hydroxyl groups excluding tert-OH is 1. The van der Waals surface area contributed by atoms with Gasteiger partial charge < -0.3 is 14.6 Å². The normalized spacial score (nSPS) is 11.9. The lowest BCUT2D eigenvalue weighted by Gasteiger charge is -2.08. The van der Waals surface area contributed by atoms with Crippen LogP contribution in [-0.2, 0) is 19.1 Å². The fraction of sp³-hybridized carbons (Fsp3) is 0.800. The first kappa shape index (κ1) is 13.9. The molecule has 0 unspecified atom stereocenters. The molecule has 0 amide bonds. The molecule has 0 rings (SSSR count). The fourth-order valence-electron chi connectivity index (χ4n) is 0.950. The van der Waals surface area contributed by atoms with Gasteiger partial charge in [-0.3, -0.25) is 9.59 Å². The Morgan fingerprint density at radius 1 is 1.33 bits per heavy atom. The second-order valence-electron chi connectivity index (χ2n) is 3.19. The number of methoxy groups -OCH3 is 1. The van der Waals surface area contributed by atoms with Gasteiger partial charge in [-0.25, -0.2) is 0 Å². The molecule has 0 saturated heterocycles.